The fraction of sp³-hybridized carbons (Fsp3) is 0.133. The van der Waals surface area contributed by atoms with Crippen LogP contribution in [-0.4, -0.2) is 5.91 Å². The lowest BCUT2D eigenvalue weighted by Gasteiger charge is -2.09. The standard InChI is InChI=1S/C15H15ClN2O/c1-10-4-2-3-5-11(10)8-15(19)18-14-9-12(17)6-7-13(14)16/h2-7,9H,8,17H2,1H3,(H,18,19). The summed E-state index contributed by atoms with van der Waals surface area (Å²) in [5.74, 6) is -0.109. The summed E-state index contributed by atoms with van der Waals surface area (Å²) in [6.45, 7) is 1.98. The predicted octanol–water partition coefficient (Wildman–Crippen LogP) is 3.41. The van der Waals surface area contributed by atoms with Gasteiger partial charge in [0, 0.05) is 5.69 Å². The molecule has 0 saturated carbocycles. The summed E-state index contributed by atoms with van der Waals surface area (Å²) in [5, 5.41) is 3.25. The van der Waals surface area contributed by atoms with E-state index in [-0.39, 0.29) is 5.91 Å². The first-order chi connectivity index (χ1) is 9.06. The van der Waals surface area contributed by atoms with Crippen LogP contribution in [0.25, 0.3) is 0 Å². The van der Waals surface area contributed by atoms with Crippen LogP contribution in [-0.2, 0) is 11.2 Å². The highest BCUT2D eigenvalue weighted by molar-refractivity contribution is 6.33. The van der Waals surface area contributed by atoms with Gasteiger partial charge < -0.3 is 11.1 Å². The Morgan fingerprint density at radius 3 is 2.74 bits per heavy atom. The maximum atomic E-state index is 12.0. The van der Waals surface area contributed by atoms with Gasteiger partial charge in [-0.15, -0.1) is 0 Å². The van der Waals surface area contributed by atoms with Crippen molar-refractivity contribution in [1.82, 2.24) is 0 Å². The second-order valence-corrected chi connectivity index (χ2v) is 4.80. The van der Waals surface area contributed by atoms with Gasteiger partial charge in [0.2, 0.25) is 5.91 Å². The monoisotopic (exact) mass is 274 g/mol. The zero-order chi connectivity index (χ0) is 13.8. The van der Waals surface area contributed by atoms with Crippen LogP contribution in [0.15, 0.2) is 42.5 Å². The van der Waals surface area contributed by atoms with Crippen LogP contribution in [0.5, 0.6) is 0 Å². The van der Waals surface area contributed by atoms with E-state index >= 15 is 0 Å². The van der Waals surface area contributed by atoms with E-state index < -0.39 is 0 Å². The van der Waals surface area contributed by atoms with E-state index in [4.69, 9.17) is 17.3 Å². The molecule has 0 radical (unpaired) electrons. The number of halogens is 1. The molecule has 98 valence electrons. The fourth-order valence-corrected chi connectivity index (χ4v) is 1.98. The summed E-state index contributed by atoms with van der Waals surface area (Å²) >= 11 is 6.00. The number of rotatable bonds is 3. The van der Waals surface area contributed by atoms with Gasteiger partial charge in [0.05, 0.1) is 17.1 Å². The number of amides is 1. The fourth-order valence-electron chi connectivity index (χ4n) is 1.81. The molecule has 19 heavy (non-hydrogen) atoms. The van der Waals surface area contributed by atoms with E-state index in [0.717, 1.165) is 11.1 Å². The van der Waals surface area contributed by atoms with Gasteiger partial charge >= 0.3 is 0 Å². The van der Waals surface area contributed by atoms with E-state index in [2.05, 4.69) is 5.32 Å². The zero-order valence-corrected chi connectivity index (χ0v) is 11.4. The average Bonchev–Trinajstić information content (AvgIpc) is 2.37. The number of benzene rings is 2. The number of hydrogen-bond donors (Lipinski definition) is 2. The summed E-state index contributed by atoms with van der Waals surface area (Å²) in [6, 6.07) is 12.8. The summed E-state index contributed by atoms with van der Waals surface area (Å²) in [7, 11) is 0. The van der Waals surface area contributed by atoms with Gasteiger partial charge in [0.15, 0.2) is 0 Å². The van der Waals surface area contributed by atoms with E-state index in [0.29, 0.717) is 22.8 Å². The number of aryl methyl sites for hydroxylation is 1. The molecule has 0 fully saturated rings. The SMILES string of the molecule is Cc1ccccc1CC(=O)Nc1cc(N)ccc1Cl. The number of nitrogens with two attached hydrogens (primary N) is 1. The van der Waals surface area contributed by atoms with Crippen molar-refractivity contribution in [2.45, 2.75) is 13.3 Å². The second kappa shape index (κ2) is 5.76. The Morgan fingerprint density at radius 2 is 2.00 bits per heavy atom. The minimum atomic E-state index is -0.109. The summed E-state index contributed by atoms with van der Waals surface area (Å²) < 4.78 is 0. The molecule has 1 amide bonds. The highest BCUT2D eigenvalue weighted by Gasteiger charge is 2.08. The molecular weight excluding hydrogens is 260 g/mol. The zero-order valence-electron chi connectivity index (χ0n) is 10.6. The summed E-state index contributed by atoms with van der Waals surface area (Å²) in [4.78, 5) is 12.0. The van der Waals surface area contributed by atoms with Crippen molar-refractivity contribution in [3.05, 3.63) is 58.6 Å². The first-order valence-electron chi connectivity index (χ1n) is 5.95. The summed E-state index contributed by atoms with van der Waals surface area (Å²) in [6.07, 6.45) is 0.317. The van der Waals surface area contributed by atoms with Gasteiger partial charge in [-0.05, 0) is 36.2 Å². The second-order valence-electron chi connectivity index (χ2n) is 4.39. The quantitative estimate of drug-likeness (QED) is 0.843. The molecule has 0 aromatic heterocycles. The number of nitrogens with one attached hydrogen (secondary N) is 1. The molecular formula is C15H15ClN2O. The van der Waals surface area contributed by atoms with Gasteiger partial charge in [-0.1, -0.05) is 35.9 Å². The molecule has 0 aliphatic rings. The lowest BCUT2D eigenvalue weighted by molar-refractivity contribution is -0.115. The maximum absolute atomic E-state index is 12.0. The van der Waals surface area contributed by atoms with Gasteiger partial charge in [-0.25, -0.2) is 0 Å². The molecule has 2 aromatic carbocycles. The minimum Gasteiger partial charge on any atom is -0.399 e. The van der Waals surface area contributed by atoms with Crippen LogP contribution in [0.2, 0.25) is 5.02 Å². The Kier molecular flexibility index (Phi) is 4.07. The van der Waals surface area contributed by atoms with Crippen molar-refractivity contribution in [2.24, 2.45) is 0 Å². The molecule has 4 heteroatoms. The van der Waals surface area contributed by atoms with Gasteiger partial charge in [0.1, 0.15) is 0 Å². The minimum absolute atomic E-state index is 0.109. The Labute approximate surface area is 117 Å². The molecule has 3 N–H and O–H groups in total. The highest BCUT2D eigenvalue weighted by atomic mass is 35.5. The molecule has 0 aliphatic carbocycles. The number of hydrogen-bond acceptors (Lipinski definition) is 2. The van der Waals surface area contributed by atoms with Crippen molar-refractivity contribution in [3.63, 3.8) is 0 Å². The van der Waals surface area contributed by atoms with Gasteiger partial charge in [-0.3, -0.25) is 4.79 Å². The van der Waals surface area contributed by atoms with Crippen LogP contribution in [0, 0.1) is 6.92 Å². The van der Waals surface area contributed by atoms with E-state index in [1.54, 1.807) is 18.2 Å². The largest absolute Gasteiger partial charge is 0.399 e. The van der Waals surface area contributed by atoms with Crippen LogP contribution in [0.3, 0.4) is 0 Å². The molecule has 2 aromatic rings. The number of carbonyl (C=O) groups excluding carboxylic acids is 1. The normalized spacial score (nSPS) is 10.2. The Balaban J connectivity index is 2.10. The van der Waals surface area contributed by atoms with Gasteiger partial charge in [0.25, 0.3) is 0 Å². The molecule has 0 bridgehead atoms. The topological polar surface area (TPSA) is 55.1 Å². The molecule has 0 unspecified atom stereocenters. The molecule has 0 saturated heterocycles. The first kappa shape index (κ1) is 13.4. The molecule has 3 nitrogen and oxygen atoms in total. The van der Waals surface area contributed by atoms with Crippen molar-refractivity contribution in [3.8, 4) is 0 Å². The molecule has 0 aliphatic heterocycles. The predicted molar refractivity (Wildman–Crippen MR) is 79.4 cm³/mol. The molecule has 0 atom stereocenters. The summed E-state index contributed by atoms with van der Waals surface area (Å²) in [5.41, 5.74) is 8.87. The first-order valence-corrected chi connectivity index (χ1v) is 6.33. The third-order valence-electron chi connectivity index (χ3n) is 2.88. The third-order valence-corrected chi connectivity index (χ3v) is 3.21. The van der Waals surface area contributed by atoms with Crippen molar-refractivity contribution in [1.29, 1.82) is 0 Å². The van der Waals surface area contributed by atoms with Crippen LogP contribution >= 0.6 is 11.6 Å². The lowest BCUT2D eigenvalue weighted by atomic mass is 10.1. The Hall–Kier alpha value is -2.00. The number of anilines is 2. The molecule has 0 heterocycles. The lowest BCUT2D eigenvalue weighted by Crippen LogP contribution is -2.15. The van der Waals surface area contributed by atoms with Crippen molar-refractivity contribution in [2.75, 3.05) is 11.1 Å². The van der Waals surface area contributed by atoms with Crippen LogP contribution in [0.1, 0.15) is 11.1 Å². The number of carbonyl (C=O) groups is 1. The van der Waals surface area contributed by atoms with Gasteiger partial charge in [-0.2, -0.15) is 0 Å². The molecule has 0 spiro atoms. The average molecular weight is 275 g/mol. The third kappa shape index (κ3) is 3.48. The number of nitrogen functional groups attached to an aromatic ring is 1. The van der Waals surface area contributed by atoms with E-state index in [1.807, 2.05) is 31.2 Å². The van der Waals surface area contributed by atoms with Crippen LogP contribution in [0.4, 0.5) is 11.4 Å². The van der Waals surface area contributed by atoms with Crippen LogP contribution < -0.4 is 11.1 Å². The highest BCUT2D eigenvalue weighted by Crippen LogP contribution is 2.24. The van der Waals surface area contributed by atoms with E-state index in [9.17, 15) is 4.79 Å². The smallest absolute Gasteiger partial charge is 0.228 e. The Morgan fingerprint density at radius 1 is 1.26 bits per heavy atom. The molecule has 2 rings (SSSR count). The Bertz CT molecular complexity index is 611. The maximum Gasteiger partial charge on any atom is 0.228 e. The van der Waals surface area contributed by atoms with Crippen molar-refractivity contribution < 1.29 is 4.79 Å². The van der Waals surface area contributed by atoms with Crippen molar-refractivity contribution >= 4 is 28.9 Å². The van der Waals surface area contributed by atoms with E-state index in [1.165, 1.54) is 0 Å².